The Bertz CT molecular complexity index is 1150. The van der Waals surface area contributed by atoms with E-state index >= 15 is 0 Å². The topological polar surface area (TPSA) is 62.7 Å². The Morgan fingerprint density at radius 3 is 2.52 bits per heavy atom. The van der Waals surface area contributed by atoms with Crippen LogP contribution in [0.3, 0.4) is 0 Å². The average Bonchev–Trinajstić information content (AvgIpc) is 3.17. The van der Waals surface area contributed by atoms with E-state index in [1.807, 2.05) is 54.9 Å². The molecule has 0 aliphatic rings. The molecule has 2 N–H and O–H groups in total. The van der Waals surface area contributed by atoms with Crippen LogP contribution in [0.25, 0.3) is 10.9 Å². The fraction of sp³-hybridized carbons (Fsp3) is 0.250. The molecular weight excluding hydrogens is 360 g/mol. The molecule has 29 heavy (non-hydrogen) atoms. The summed E-state index contributed by atoms with van der Waals surface area (Å²) in [4.78, 5) is 16.0. The van der Waals surface area contributed by atoms with Gasteiger partial charge in [0.05, 0.1) is 18.7 Å². The van der Waals surface area contributed by atoms with Crippen molar-refractivity contribution in [2.24, 2.45) is 0 Å². The molecule has 5 nitrogen and oxygen atoms in total. The number of carbonyl (C=O) groups is 1. The molecule has 0 aliphatic heterocycles. The maximum atomic E-state index is 12.6. The summed E-state index contributed by atoms with van der Waals surface area (Å²) in [5.74, 6) is 0.0208. The molecule has 4 rings (SSSR count). The second-order valence-corrected chi connectivity index (χ2v) is 7.52. The van der Waals surface area contributed by atoms with Gasteiger partial charge >= 0.3 is 0 Å². The minimum Gasteiger partial charge on any atom is -0.358 e. The molecule has 2 heterocycles. The number of aromatic nitrogens is 3. The average molecular weight is 386 g/mol. The van der Waals surface area contributed by atoms with Crippen LogP contribution in [-0.4, -0.2) is 20.7 Å². The molecule has 2 aromatic heterocycles. The van der Waals surface area contributed by atoms with Gasteiger partial charge < -0.3 is 10.3 Å². The van der Waals surface area contributed by atoms with Gasteiger partial charge in [0, 0.05) is 34.4 Å². The molecule has 0 saturated carbocycles. The van der Waals surface area contributed by atoms with E-state index in [0.717, 1.165) is 45.7 Å². The number of para-hydroxylation sites is 1. The zero-order valence-corrected chi connectivity index (χ0v) is 17.1. The van der Waals surface area contributed by atoms with E-state index in [9.17, 15) is 4.79 Å². The second-order valence-electron chi connectivity index (χ2n) is 7.52. The first-order valence-electron chi connectivity index (χ1n) is 9.92. The molecule has 1 amide bonds. The van der Waals surface area contributed by atoms with Crippen molar-refractivity contribution >= 4 is 16.8 Å². The molecule has 2 aromatic carbocycles. The molecular formula is C24H26N4O. The molecule has 0 saturated heterocycles. The zero-order valence-electron chi connectivity index (χ0n) is 17.1. The highest BCUT2D eigenvalue weighted by Crippen LogP contribution is 2.22. The number of H-pyrrole nitrogens is 1. The zero-order chi connectivity index (χ0) is 20.4. The number of fused-ring (bicyclic) bond motifs is 1. The Balaban J connectivity index is 1.45. The normalized spacial score (nSPS) is 11.1. The van der Waals surface area contributed by atoms with Gasteiger partial charge in [-0.3, -0.25) is 9.48 Å². The number of hydrogen-bond donors (Lipinski definition) is 2. The van der Waals surface area contributed by atoms with Gasteiger partial charge in [-0.25, -0.2) is 0 Å². The Morgan fingerprint density at radius 1 is 1.00 bits per heavy atom. The van der Waals surface area contributed by atoms with E-state index in [4.69, 9.17) is 0 Å². The summed E-state index contributed by atoms with van der Waals surface area (Å²) in [6.45, 7) is 7.31. The maximum absolute atomic E-state index is 12.6. The van der Waals surface area contributed by atoms with E-state index in [1.54, 1.807) is 0 Å². The lowest BCUT2D eigenvalue weighted by Gasteiger charge is -2.08. The molecule has 0 bridgehead atoms. The van der Waals surface area contributed by atoms with Gasteiger partial charge in [-0.05, 0) is 38.0 Å². The molecule has 0 fully saturated rings. The van der Waals surface area contributed by atoms with Crippen LogP contribution in [0, 0.1) is 20.8 Å². The van der Waals surface area contributed by atoms with E-state index in [0.29, 0.717) is 13.0 Å². The molecule has 148 valence electrons. The quantitative estimate of drug-likeness (QED) is 0.522. The number of amides is 1. The summed E-state index contributed by atoms with van der Waals surface area (Å²) >= 11 is 0. The molecule has 0 atom stereocenters. The summed E-state index contributed by atoms with van der Waals surface area (Å²) < 4.78 is 2.01. The van der Waals surface area contributed by atoms with Crippen LogP contribution in [0.4, 0.5) is 0 Å². The fourth-order valence-corrected chi connectivity index (χ4v) is 3.87. The highest BCUT2D eigenvalue weighted by Gasteiger charge is 2.15. The van der Waals surface area contributed by atoms with Gasteiger partial charge in [0.25, 0.3) is 0 Å². The smallest absolute Gasteiger partial charge is 0.224 e. The lowest BCUT2D eigenvalue weighted by atomic mass is 10.1. The van der Waals surface area contributed by atoms with Gasteiger partial charge in [-0.1, -0.05) is 48.5 Å². The summed E-state index contributed by atoms with van der Waals surface area (Å²) in [6, 6.07) is 18.4. The number of nitrogens with one attached hydrogen (secondary N) is 2. The number of hydrogen-bond acceptors (Lipinski definition) is 2. The highest BCUT2D eigenvalue weighted by molar-refractivity contribution is 5.90. The molecule has 0 aliphatic carbocycles. The Morgan fingerprint density at radius 2 is 1.72 bits per heavy atom. The van der Waals surface area contributed by atoms with Crippen molar-refractivity contribution < 1.29 is 4.79 Å². The van der Waals surface area contributed by atoms with E-state index < -0.39 is 0 Å². The number of benzene rings is 2. The van der Waals surface area contributed by atoms with Crippen molar-refractivity contribution in [3.05, 3.63) is 88.4 Å². The van der Waals surface area contributed by atoms with Crippen molar-refractivity contribution in [3.8, 4) is 0 Å². The minimum atomic E-state index is 0.0208. The first kappa shape index (κ1) is 19.0. The largest absolute Gasteiger partial charge is 0.358 e. The molecule has 0 unspecified atom stereocenters. The third kappa shape index (κ3) is 3.94. The van der Waals surface area contributed by atoms with Crippen LogP contribution in [-0.2, 0) is 24.3 Å². The fourth-order valence-electron chi connectivity index (χ4n) is 3.87. The van der Waals surface area contributed by atoms with Crippen molar-refractivity contribution in [1.82, 2.24) is 20.1 Å². The van der Waals surface area contributed by atoms with E-state index in [-0.39, 0.29) is 5.91 Å². The SMILES string of the molecule is Cc1nn(Cc2ccccc2)c(C)c1CNC(=O)Cc1c(C)[nH]c2ccccc12. The van der Waals surface area contributed by atoms with Crippen LogP contribution in [0.1, 0.15) is 33.8 Å². The van der Waals surface area contributed by atoms with Crippen LogP contribution >= 0.6 is 0 Å². The lowest BCUT2D eigenvalue weighted by Crippen LogP contribution is -2.25. The molecule has 0 radical (unpaired) electrons. The lowest BCUT2D eigenvalue weighted by molar-refractivity contribution is -0.120. The van der Waals surface area contributed by atoms with Gasteiger partial charge in [-0.15, -0.1) is 0 Å². The van der Waals surface area contributed by atoms with Crippen LogP contribution in [0.2, 0.25) is 0 Å². The standard InChI is InChI=1S/C24H26N4O/c1-16-21(20-11-7-8-12-23(20)26-16)13-24(29)25-14-22-17(2)27-28(18(22)3)15-19-9-5-4-6-10-19/h4-12,26H,13-15H2,1-3H3,(H,25,29). The van der Waals surface area contributed by atoms with Gasteiger partial charge in [0.15, 0.2) is 0 Å². The number of aryl methyl sites for hydroxylation is 2. The van der Waals surface area contributed by atoms with Gasteiger partial charge in [-0.2, -0.15) is 5.10 Å². The summed E-state index contributed by atoms with van der Waals surface area (Å²) in [5, 5.41) is 8.87. The van der Waals surface area contributed by atoms with E-state index in [2.05, 4.69) is 40.5 Å². The van der Waals surface area contributed by atoms with Crippen molar-refractivity contribution in [1.29, 1.82) is 0 Å². The summed E-state index contributed by atoms with van der Waals surface area (Å²) in [6.07, 6.45) is 0.367. The minimum absolute atomic E-state index is 0.0208. The third-order valence-electron chi connectivity index (χ3n) is 5.53. The number of aromatic amines is 1. The van der Waals surface area contributed by atoms with Crippen molar-refractivity contribution in [3.63, 3.8) is 0 Å². The molecule has 0 spiro atoms. The third-order valence-corrected chi connectivity index (χ3v) is 5.53. The Labute approximate surface area is 170 Å². The monoisotopic (exact) mass is 386 g/mol. The first-order chi connectivity index (χ1) is 14.0. The Kier molecular flexibility index (Phi) is 5.21. The van der Waals surface area contributed by atoms with Crippen molar-refractivity contribution in [2.45, 2.75) is 40.3 Å². The van der Waals surface area contributed by atoms with Crippen LogP contribution in [0.5, 0.6) is 0 Å². The number of carbonyl (C=O) groups excluding carboxylic acids is 1. The van der Waals surface area contributed by atoms with Crippen LogP contribution in [0.15, 0.2) is 54.6 Å². The summed E-state index contributed by atoms with van der Waals surface area (Å²) in [5.41, 5.74) is 7.53. The Hall–Kier alpha value is -3.34. The van der Waals surface area contributed by atoms with Gasteiger partial charge in [0.1, 0.15) is 0 Å². The number of rotatable bonds is 6. The number of nitrogens with zero attached hydrogens (tertiary/aromatic N) is 2. The van der Waals surface area contributed by atoms with Crippen molar-refractivity contribution in [2.75, 3.05) is 0 Å². The first-order valence-corrected chi connectivity index (χ1v) is 9.92. The second kappa shape index (κ2) is 7.95. The van der Waals surface area contributed by atoms with Crippen LogP contribution < -0.4 is 5.32 Å². The highest BCUT2D eigenvalue weighted by atomic mass is 16.1. The maximum Gasteiger partial charge on any atom is 0.224 e. The molecule has 4 aromatic rings. The summed E-state index contributed by atoms with van der Waals surface area (Å²) in [7, 11) is 0. The predicted octanol–water partition coefficient (Wildman–Crippen LogP) is 4.20. The van der Waals surface area contributed by atoms with E-state index in [1.165, 1.54) is 5.56 Å². The van der Waals surface area contributed by atoms with Gasteiger partial charge in [0.2, 0.25) is 5.91 Å². The molecule has 5 heteroatoms. The predicted molar refractivity (Wildman–Crippen MR) is 116 cm³/mol.